The Morgan fingerprint density at radius 3 is 2.54 bits per heavy atom. The molecule has 0 fully saturated rings. The first kappa shape index (κ1) is 19.2. The smallest absolute Gasteiger partial charge is 0.137 e. The number of carbonyl (C=O) groups excluding carboxylic acids is 1. The zero-order chi connectivity index (χ0) is 17.6. The number of aryl methyl sites for hydroxylation is 2. The second-order valence-electron chi connectivity index (χ2n) is 8.58. The molecule has 1 aromatic carbocycles. The average molecular weight is 329 g/mol. The summed E-state index contributed by atoms with van der Waals surface area (Å²) >= 11 is 0. The molecule has 1 unspecified atom stereocenters. The van der Waals surface area contributed by atoms with Crippen molar-refractivity contribution in [1.82, 2.24) is 0 Å². The van der Waals surface area contributed by atoms with Gasteiger partial charge in [0.2, 0.25) is 0 Å². The maximum atomic E-state index is 12.2. The highest BCUT2D eigenvalue weighted by atomic mass is 16.1. The zero-order valence-electron chi connectivity index (χ0n) is 16.3. The summed E-state index contributed by atoms with van der Waals surface area (Å²) in [5.41, 5.74) is 4.46. The SMILES string of the molecule is CCCCCCCCc1ccc2c(c1)CCC(C)(C)CC2C(C)=O. The first-order valence-electron chi connectivity index (χ1n) is 10.0. The molecule has 0 bridgehead atoms. The quantitative estimate of drug-likeness (QED) is 0.387. The predicted octanol–water partition coefficient (Wildman–Crippen LogP) is 6.62. The Morgan fingerprint density at radius 2 is 1.83 bits per heavy atom. The largest absolute Gasteiger partial charge is 0.299 e. The molecule has 0 aromatic heterocycles. The second kappa shape index (κ2) is 8.83. The van der Waals surface area contributed by atoms with Crippen molar-refractivity contribution < 1.29 is 4.79 Å². The molecule has 1 aliphatic carbocycles. The molecule has 0 saturated carbocycles. The van der Waals surface area contributed by atoms with Gasteiger partial charge in [-0.15, -0.1) is 0 Å². The Bertz CT molecular complexity index is 541. The lowest BCUT2D eigenvalue weighted by molar-refractivity contribution is -0.119. The third-order valence-corrected chi connectivity index (χ3v) is 5.72. The van der Waals surface area contributed by atoms with Gasteiger partial charge in [-0.3, -0.25) is 4.79 Å². The molecule has 1 nitrogen and oxygen atoms in total. The van der Waals surface area contributed by atoms with Gasteiger partial charge in [0, 0.05) is 5.92 Å². The van der Waals surface area contributed by atoms with Gasteiger partial charge in [0.15, 0.2) is 0 Å². The van der Waals surface area contributed by atoms with Gasteiger partial charge >= 0.3 is 0 Å². The summed E-state index contributed by atoms with van der Waals surface area (Å²) in [5.74, 6) is 0.426. The van der Waals surface area contributed by atoms with Crippen molar-refractivity contribution in [3.05, 3.63) is 34.9 Å². The van der Waals surface area contributed by atoms with Crippen LogP contribution in [0.5, 0.6) is 0 Å². The van der Waals surface area contributed by atoms with Crippen LogP contribution in [0.15, 0.2) is 18.2 Å². The number of hydrogen-bond acceptors (Lipinski definition) is 1. The fourth-order valence-corrected chi connectivity index (χ4v) is 4.08. The third-order valence-electron chi connectivity index (χ3n) is 5.72. The Hall–Kier alpha value is -1.11. The number of Topliss-reactive ketones (excluding diaryl/α,β-unsaturated/α-hetero) is 1. The Labute approximate surface area is 149 Å². The van der Waals surface area contributed by atoms with E-state index in [1.807, 2.05) is 0 Å². The van der Waals surface area contributed by atoms with Gasteiger partial charge in [0.05, 0.1) is 0 Å². The molecular formula is C23H36O. The van der Waals surface area contributed by atoms with Crippen LogP contribution in [0.25, 0.3) is 0 Å². The van der Waals surface area contributed by atoms with Gasteiger partial charge in [-0.1, -0.05) is 71.1 Å². The highest BCUT2D eigenvalue weighted by molar-refractivity contribution is 5.84. The summed E-state index contributed by atoms with van der Waals surface area (Å²) in [5, 5.41) is 0. The minimum atomic E-state index is 0.0978. The predicted molar refractivity (Wildman–Crippen MR) is 104 cm³/mol. The van der Waals surface area contributed by atoms with Crippen molar-refractivity contribution in [2.24, 2.45) is 5.41 Å². The summed E-state index contributed by atoms with van der Waals surface area (Å²) in [4.78, 5) is 12.2. The molecule has 0 saturated heterocycles. The van der Waals surface area contributed by atoms with Crippen LogP contribution in [0.2, 0.25) is 0 Å². The van der Waals surface area contributed by atoms with E-state index in [9.17, 15) is 4.79 Å². The lowest BCUT2D eigenvalue weighted by atomic mass is 9.79. The van der Waals surface area contributed by atoms with Gasteiger partial charge in [-0.25, -0.2) is 0 Å². The molecule has 134 valence electrons. The van der Waals surface area contributed by atoms with Crippen LogP contribution >= 0.6 is 0 Å². The first-order chi connectivity index (χ1) is 11.4. The molecule has 0 aliphatic heterocycles. The van der Waals surface area contributed by atoms with E-state index in [0.29, 0.717) is 5.78 Å². The number of rotatable bonds is 8. The molecular weight excluding hydrogens is 292 g/mol. The number of unbranched alkanes of at least 4 members (excludes halogenated alkanes) is 5. The minimum absolute atomic E-state index is 0.0978. The highest BCUT2D eigenvalue weighted by Gasteiger charge is 2.31. The summed E-state index contributed by atoms with van der Waals surface area (Å²) in [6.45, 7) is 8.66. The van der Waals surface area contributed by atoms with Gasteiger partial charge < -0.3 is 0 Å². The van der Waals surface area contributed by atoms with Crippen molar-refractivity contribution in [1.29, 1.82) is 0 Å². The van der Waals surface area contributed by atoms with E-state index < -0.39 is 0 Å². The van der Waals surface area contributed by atoms with Crippen LogP contribution in [0.3, 0.4) is 0 Å². The van der Waals surface area contributed by atoms with Crippen molar-refractivity contribution >= 4 is 5.78 Å². The normalized spacial score (nSPS) is 19.6. The van der Waals surface area contributed by atoms with Crippen molar-refractivity contribution in [2.75, 3.05) is 0 Å². The molecule has 0 radical (unpaired) electrons. The molecule has 0 amide bonds. The number of benzene rings is 1. The van der Waals surface area contributed by atoms with Crippen LogP contribution in [0.1, 0.15) is 102 Å². The van der Waals surface area contributed by atoms with Crippen LogP contribution in [0, 0.1) is 5.41 Å². The average Bonchev–Trinajstić information content (AvgIpc) is 2.67. The monoisotopic (exact) mass is 328 g/mol. The van der Waals surface area contributed by atoms with Crippen LogP contribution in [-0.2, 0) is 17.6 Å². The van der Waals surface area contributed by atoms with Crippen molar-refractivity contribution in [3.8, 4) is 0 Å². The maximum absolute atomic E-state index is 12.2. The third kappa shape index (κ3) is 5.46. The number of ketones is 1. The second-order valence-corrected chi connectivity index (χ2v) is 8.58. The van der Waals surface area contributed by atoms with E-state index in [1.165, 1.54) is 68.1 Å². The Kier molecular flexibility index (Phi) is 7.07. The fraction of sp³-hybridized carbons (Fsp3) is 0.696. The van der Waals surface area contributed by atoms with Crippen molar-refractivity contribution in [3.63, 3.8) is 0 Å². The van der Waals surface area contributed by atoms with E-state index >= 15 is 0 Å². The summed E-state index contributed by atoms with van der Waals surface area (Å²) in [6.07, 6.45) is 12.6. The minimum Gasteiger partial charge on any atom is -0.299 e. The van der Waals surface area contributed by atoms with Crippen molar-refractivity contribution in [2.45, 2.75) is 97.8 Å². The molecule has 0 spiro atoms. The number of hydrogen-bond donors (Lipinski definition) is 0. The topological polar surface area (TPSA) is 17.1 Å². The van der Waals surface area contributed by atoms with Gasteiger partial charge in [0.1, 0.15) is 5.78 Å². The molecule has 1 aromatic rings. The zero-order valence-corrected chi connectivity index (χ0v) is 16.3. The fourth-order valence-electron chi connectivity index (χ4n) is 4.08. The first-order valence-corrected chi connectivity index (χ1v) is 10.0. The molecule has 1 heteroatoms. The highest BCUT2D eigenvalue weighted by Crippen LogP contribution is 2.41. The number of carbonyl (C=O) groups is 1. The lowest BCUT2D eigenvalue weighted by Crippen LogP contribution is -2.18. The molecule has 24 heavy (non-hydrogen) atoms. The summed E-state index contributed by atoms with van der Waals surface area (Å²) in [6, 6.07) is 6.94. The van der Waals surface area contributed by atoms with E-state index in [1.54, 1.807) is 6.92 Å². The van der Waals surface area contributed by atoms with Gasteiger partial charge in [0.25, 0.3) is 0 Å². The van der Waals surface area contributed by atoms with Gasteiger partial charge in [-0.2, -0.15) is 0 Å². The maximum Gasteiger partial charge on any atom is 0.137 e. The Morgan fingerprint density at radius 1 is 1.12 bits per heavy atom. The summed E-state index contributed by atoms with van der Waals surface area (Å²) < 4.78 is 0. The standard InChI is InChI=1S/C23H36O/c1-5-6-7-8-9-10-11-19-12-13-21-20(16-19)14-15-23(3,4)17-22(21)18(2)24/h12-13,16,22H,5-11,14-15,17H2,1-4H3. The van der Waals surface area contributed by atoms with Gasteiger partial charge in [-0.05, 0) is 61.1 Å². The lowest BCUT2D eigenvalue weighted by Gasteiger charge is -2.25. The van der Waals surface area contributed by atoms with Crippen LogP contribution < -0.4 is 0 Å². The van der Waals surface area contributed by atoms with E-state index in [0.717, 1.165) is 12.8 Å². The molecule has 0 N–H and O–H groups in total. The molecule has 1 atom stereocenters. The molecule has 2 rings (SSSR count). The van der Waals surface area contributed by atoms with E-state index in [-0.39, 0.29) is 11.3 Å². The molecule has 0 heterocycles. The summed E-state index contributed by atoms with van der Waals surface area (Å²) in [7, 11) is 0. The van der Waals surface area contributed by atoms with E-state index in [4.69, 9.17) is 0 Å². The Balaban J connectivity index is 2.02. The van der Waals surface area contributed by atoms with Crippen LogP contribution in [-0.4, -0.2) is 5.78 Å². The van der Waals surface area contributed by atoms with Crippen LogP contribution in [0.4, 0.5) is 0 Å². The van der Waals surface area contributed by atoms with E-state index in [2.05, 4.69) is 39.0 Å². The number of fused-ring (bicyclic) bond motifs is 1. The molecule has 1 aliphatic rings.